The average Bonchev–Trinajstić information content (AvgIpc) is 2.90. The van der Waals surface area contributed by atoms with E-state index < -0.39 is 0 Å². The second-order valence-corrected chi connectivity index (χ2v) is 5.98. The van der Waals surface area contributed by atoms with E-state index in [-0.39, 0.29) is 18.0 Å². The van der Waals surface area contributed by atoms with Crippen molar-refractivity contribution in [3.63, 3.8) is 0 Å². The monoisotopic (exact) mass is 292 g/mol. The third-order valence-electron chi connectivity index (χ3n) is 3.96. The zero-order valence-corrected chi connectivity index (χ0v) is 12.7. The van der Waals surface area contributed by atoms with E-state index in [1.54, 1.807) is 0 Å². The highest BCUT2D eigenvalue weighted by atomic mass is 16.2. The molecule has 1 aliphatic rings. The van der Waals surface area contributed by atoms with Crippen LogP contribution in [-0.2, 0) is 11.3 Å². The van der Waals surface area contributed by atoms with Gasteiger partial charge in [0.2, 0.25) is 5.91 Å². The molecular formula is C15H24N4O2. The van der Waals surface area contributed by atoms with Crippen molar-refractivity contribution >= 4 is 11.6 Å². The summed E-state index contributed by atoms with van der Waals surface area (Å²) in [5.74, 6) is 0.347. The minimum atomic E-state index is -0.216. The number of pyridine rings is 1. The summed E-state index contributed by atoms with van der Waals surface area (Å²) in [7, 11) is 0. The molecule has 0 saturated carbocycles. The number of nitrogens with zero attached hydrogens (tertiary/aromatic N) is 2. The minimum Gasteiger partial charge on any atom is -0.398 e. The second-order valence-electron chi connectivity index (χ2n) is 5.98. The summed E-state index contributed by atoms with van der Waals surface area (Å²) < 4.78 is 1.33. The summed E-state index contributed by atoms with van der Waals surface area (Å²) in [6.07, 6.45) is 2.61. The number of nitrogen functional groups attached to an aromatic ring is 1. The Morgan fingerprint density at radius 3 is 2.90 bits per heavy atom. The smallest absolute Gasteiger partial charge is 0.251 e. The molecule has 6 heteroatoms. The number of hydrogen-bond acceptors (Lipinski definition) is 4. The van der Waals surface area contributed by atoms with Gasteiger partial charge in [-0.2, -0.15) is 0 Å². The first kappa shape index (κ1) is 15.6. The number of hydrogen-bond donors (Lipinski definition) is 2. The van der Waals surface area contributed by atoms with Crippen molar-refractivity contribution in [3.8, 4) is 0 Å². The van der Waals surface area contributed by atoms with E-state index >= 15 is 0 Å². The van der Waals surface area contributed by atoms with Crippen LogP contribution in [0.5, 0.6) is 0 Å². The molecule has 6 nitrogen and oxygen atoms in total. The van der Waals surface area contributed by atoms with E-state index in [4.69, 9.17) is 5.73 Å². The van der Waals surface area contributed by atoms with E-state index in [2.05, 4.69) is 24.1 Å². The highest BCUT2D eigenvalue weighted by molar-refractivity contribution is 5.75. The largest absolute Gasteiger partial charge is 0.398 e. The lowest BCUT2D eigenvalue weighted by molar-refractivity contribution is -0.121. The van der Waals surface area contributed by atoms with Crippen molar-refractivity contribution in [2.45, 2.75) is 32.9 Å². The van der Waals surface area contributed by atoms with Crippen LogP contribution >= 0.6 is 0 Å². The molecule has 2 heterocycles. The van der Waals surface area contributed by atoms with Crippen LogP contribution in [0.15, 0.2) is 23.1 Å². The van der Waals surface area contributed by atoms with Gasteiger partial charge in [-0.15, -0.1) is 0 Å². The number of rotatable bonds is 5. The first-order valence-corrected chi connectivity index (χ1v) is 7.42. The van der Waals surface area contributed by atoms with Gasteiger partial charge in [-0.1, -0.05) is 0 Å². The van der Waals surface area contributed by atoms with Gasteiger partial charge in [0.05, 0.1) is 0 Å². The highest BCUT2D eigenvalue weighted by Crippen LogP contribution is 2.17. The number of anilines is 1. The fraction of sp³-hybridized carbons (Fsp3) is 0.600. The number of carbonyl (C=O) groups excluding carboxylic acids is 1. The number of nitrogens with two attached hydrogens (primary N) is 1. The summed E-state index contributed by atoms with van der Waals surface area (Å²) in [6, 6.07) is 3.46. The molecule has 1 fully saturated rings. The maximum absolute atomic E-state index is 11.9. The molecule has 21 heavy (non-hydrogen) atoms. The Kier molecular flexibility index (Phi) is 5.01. The number of likely N-dealkylation sites (tertiary alicyclic amines) is 1. The van der Waals surface area contributed by atoms with Gasteiger partial charge in [0, 0.05) is 37.1 Å². The first-order valence-electron chi connectivity index (χ1n) is 7.42. The Morgan fingerprint density at radius 2 is 2.24 bits per heavy atom. The molecule has 2 rings (SSSR count). The third kappa shape index (κ3) is 4.32. The summed E-state index contributed by atoms with van der Waals surface area (Å²) in [4.78, 5) is 25.9. The van der Waals surface area contributed by atoms with Crippen LogP contribution in [0.4, 0.5) is 5.69 Å². The zero-order valence-electron chi connectivity index (χ0n) is 12.7. The van der Waals surface area contributed by atoms with Gasteiger partial charge in [0.1, 0.15) is 6.54 Å². The quantitative estimate of drug-likeness (QED) is 0.817. The topological polar surface area (TPSA) is 80.4 Å². The summed E-state index contributed by atoms with van der Waals surface area (Å²) >= 11 is 0. The van der Waals surface area contributed by atoms with Gasteiger partial charge in [0.15, 0.2) is 0 Å². The summed E-state index contributed by atoms with van der Waals surface area (Å²) in [5, 5.41) is 2.91. The van der Waals surface area contributed by atoms with Crippen LogP contribution in [0.1, 0.15) is 20.3 Å². The highest BCUT2D eigenvalue weighted by Gasteiger charge is 2.24. The molecule has 1 aromatic heterocycles. The van der Waals surface area contributed by atoms with Crippen LogP contribution in [0, 0.1) is 5.92 Å². The number of aromatic nitrogens is 1. The van der Waals surface area contributed by atoms with Crippen molar-refractivity contribution in [3.05, 3.63) is 28.7 Å². The maximum atomic E-state index is 11.9. The van der Waals surface area contributed by atoms with Crippen LogP contribution in [0.25, 0.3) is 0 Å². The molecule has 1 amide bonds. The van der Waals surface area contributed by atoms with Crippen LogP contribution in [0.3, 0.4) is 0 Å². The summed E-state index contributed by atoms with van der Waals surface area (Å²) in [5.41, 5.74) is 5.88. The molecule has 0 aromatic carbocycles. The zero-order chi connectivity index (χ0) is 15.4. The molecule has 1 saturated heterocycles. The lowest BCUT2D eigenvalue weighted by atomic mass is 10.1. The third-order valence-corrected chi connectivity index (χ3v) is 3.96. The van der Waals surface area contributed by atoms with Gasteiger partial charge >= 0.3 is 0 Å². The Hall–Kier alpha value is -1.82. The van der Waals surface area contributed by atoms with Gasteiger partial charge in [-0.3, -0.25) is 9.59 Å². The lowest BCUT2D eigenvalue weighted by Crippen LogP contribution is -2.36. The van der Waals surface area contributed by atoms with E-state index in [9.17, 15) is 9.59 Å². The Labute approximate surface area is 124 Å². The Bertz CT molecular complexity index is 553. The van der Waals surface area contributed by atoms with Gasteiger partial charge < -0.3 is 20.5 Å². The Balaban J connectivity index is 1.80. The van der Waals surface area contributed by atoms with Crippen LogP contribution in [-0.4, -0.2) is 41.1 Å². The molecule has 1 aromatic rings. The average molecular weight is 292 g/mol. The van der Waals surface area contributed by atoms with E-state index in [1.807, 2.05) is 0 Å². The van der Waals surface area contributed by atoms with Gasteiger partial charge in [-0.25, -0.2) is 0 Å². The molecule has 1 atom stereocenters. The molecule has 3 N–H and O–H groups in total. The molecule has 116 valence electrons. The maximum Gasteiger partial charge on any atom is 0.251 e. The van der Waals surface area contributed by atoms with Gasteiger partial charge in [0.25, 0.3) is 5.56 Å². The molecule has 0 aliphatic carbocycles. The number of amides is 1. The van der Waals surface area contributed by atoms with Crippen molar-refractivity contribution in [2.24, 2.45) is 5.92 Å². The van der Waals surface area contributed by atoms with E-state index in [0.29, 0.717) is 24.2 Å². The van der Waals surface area contributed by atoms with Gasteiger partial charge in [-0.05, 0) is 38.8 Å². The molecule has 0 radical (unpaired) electrons. The Morgan fingerprint density at radius 1 is 1.48 bits per heavy atom. The normalized spacial score (nSPS) is 19.1. The van der Waals surface area contributed by atoms with Crippen molar-refractivity contribution in [2.75, 3.05) is 25.4 Å². The summed E-state index contributed by atoms with van der Waals surface area (Å²) in [6.45, 7) is 7.17. The van der Waals surface area contributed by atoms with E-state index in [0.717, 1.165) is 19.5 Å². The van der Waals surface area contributed by atoms with Crippen molar-refractivity contribution < 1.29 is 4.79 Å². The lowest BCUT2D eigenvalue weighted by Gasteiger charge is -2.20. The van der Waals surface area contributed by atoms with Crippen LogP contribution < -0.4 is 16.6 Å². The first-order chi connectivity index (χ1) is 9.95. The number of nitrogens with one attached hydrogen (secondary N) is 1. The van der Waals surface area contributed by atoms with Crippen molar-refractivity contribution in [1.82, 2.24) is 14.8 Å². The van der Waals surface area contributed by atoms with Crippen molar-refractivity contribution in [1.29, 1.82) is 0 Å². The standard InChI is InChI=1S/C15H24N4O2/c1-11(2)18-6-5-12(8-18)7-17-14(20)10-19-9-13(16)3-4-15(19)21/h3-4,9,11-12H,5-8,10,16H2,1-2H3,(H,17,20). The second kappa shape index (κ2) is 6.76. The fourth-order valence-corrected chi connectivity index (χ4v) is 2.64. The SMILES string of the molecule is CC(C)N1CCC(CNC(=O)Cn2cc(N)ccc2=O)C1. The molecule has 0 bridgehead atoms. The number of carbonyl (C=O) groups is 1. The predicted molar refractivity (Wildman–Crippen MR) is 82.9 cm³/mol. The molecule has 0 spiro atoms. The van der Waals surface area contributed by atoms with E-state index in [1.165, 1.54) is 22.9 Å². The molecule has 1 aliphatic heterocycles. The fourth-order valence-electron chi connectivity index (χ4n) is 2.64. The predicted octanol–water partition coefficient (Wildman–Crippen LogP) is 0.277. The van der Waals surface area contributed by atoms with Crippen LogP contribution in [0.2, 0.25) is 0 Å². The molecule has 1 unspecified atom stereocenters. The minimum absolute atomic E-state index is 0.0183. The molecular weight excluding hydrogens is 268 g/mol.